The quantitative estimate of drug-likeness (QED) is 0.579. The largest absolute Gasteiger partial charge is 0.319 e. The molecule has 3 amide bonds. The lowest BCUT2D eigenvalue weighted by Crippen LogP contribution is -2.47. The van der Waals surface area contributed by atoms with E-state index in [0.717, 1.165) is 11.1 Å². The van der Waals surface area contributed by atoms with E-state index in [1.807, 2.05) is 68.4 Å². The Balaban J connectivity index is 1.76. The predicted molar refractivity (Wildman–Crippen MR) is 120 cm³/mol. The summed E-state index contributed by atoms with van der Waals surface area (Å²) in [5, 5.41) is 0. The maximum Gasteiger partial charge on any atom is 0.257 e. The third kappa shape index (κ3) is 3.87. The summed E-state index contributed by atoms with van der Waals surface area (Å²) in [5.74, 6) is -0.930. The lowest BCUT2D eigenvalue weighted by Gasteiger charge is -2.34. The average Bonchev–Trinajstić information content (AvgIpc) is 3.08. The third-order valence-corrected chi connectivity index (χ3v) is 5.78. The number of para-hydroxylation sites is 1. The van der Waals surface area contributed by atoms with Crippen molar-refractivity contribution in [2.24, 2.45) is 0 Å². The molecule has 1 heterocycles. The molecule has 156 valence electrons. The van der Waals surface area contributed by atoms with Gasteiger partial charge in [0.25, 0.3) is 11.8 Å². The van der Waals surface area contributed by atoms with Crippen LogP contribution in [-0.2, 0) is 9.59 Å². The zero-order chi connectivity index (χ0) is 22.0. The smallest absolute Gasteiger partial charge is 0.257 e. The number of hydrogen-bond acceptors (Lipinski definition) is 3. The fourth-order valence-corrected chi connectivity index (χ4v) is 4.11. The van der Waals surface area contributed by atoms with E-state index in [4.69, 9.17) is 0 Å². The Hall–Kier alpha value is -3.73. The van der Waals surface area contributed by atoms with E-state index in [-0.39, 0.29) is 30.2 Å². The first-order valence-electron chi connectivity index (χ1n) is 10.3. The van der Waals surface area contributed by atoms with Gasteiger partial charge >= 0.3 is 0 Å². The Morgan fingerprint density at radius 3 is 2.13 bits per heavy atom. The molecule has 4 rings (SSSR count). The van der Waals surface area contributed by atoms with E-state index < -0.39 is 6.04 Å². The number of imide groups is 1. The second-order valence-electron chi connectivity index (χ2n) is 7.74. The summed E-state index contributed by atoms with van der Waals surface area (Å²) >= 11 is 0. The van der Waals surface area contributed by atoms with Gasteiger partial charge < -0.3 is 4.90 Å². The zero-order valence-corrected chi connectivity index (χ0v) is 17.6. The summed E-state index contributed by atoms with van der Waals surface area (Å²) in [4.78, 5) is 42.7. The SMILES string of the molecule is Cc1ccccc1C(=O)N(C1CC(=O)N(c2ccccc2)C1=O)C(C)c1ccccc1. The summed E-state index contributed by atoms with van der Waals surface area (Å²) in [6, 6.07) is 24.5. The molecule has 0 spiro atoms. The standard InChI is InChI=1S/C26H24N2O3/c1-18-11-9-10-16-22(18)25(30)27(19(2)20-12-5-3-6-13-20)23-17-24(29)28(26(23)31)21-14-7-4-8-15-21/h3-16,19,23H,17H2,1-2H3. The topological polar surface area (TPSA) is 57.7 Å². The van der Waals surface area contributed by atoms with Gasteiger partial charge in [0.15, 0.2) is 0 Å². The third-order valence-electron chi connectivity index (χ3n) is 5.78. The molecule has 1 fully saturated rings. The molecule has 0 aromatic heterocycles. The van der Waals surface area contributed by atoms with Crippen LogP contribution < -0.4 is 4.90 Å². The number of rotatable bonds is 5. The highest BCUT2D eigenvalue weighted by Crippen LogP contribution is 2.32. The van der Waals surface area contributed by atoms with Crippen molar-refractivity contribution in [3.8, 4) is 0 Å². The van der Waals surface area contributed by atoms with Crippen molar-refractivity contribution in [1.82, 2.24) is 4.90 Å². The minimum absolute atomic E-state index is 0.0392. The van der Waals surface area contributed by atoms with Crippen molar-refractivity contribution < 1.29 is 14.4 Å². The van der Waals surface area contributed by atoms with Crippen LogP contribution in [0.1, 0.15) is 40.9 Å². The van der Waals surface area contributed by atoms with Crippen LogP contribution in [0.5, 0.6) is 0 Å². The molecule has 3 aromatic carbocycles. The van der Waals surface area contributed by atoms with Gasteiger partial charge in [-0.2, -0.15) is 0 Å². The minimum Gasteiger partial charge on any atom is -0.319 e. The van der Waals surface area contributed by atoms with Crippen molar-refractivity contribution in [3.05, 3.63) is 102 Å². The highest BCUT2D eigenvalue weighted by Gasteiger charge is 2.46. The number of anilines is 1. The van der Waals surface area contributed by atoms with E-state index in [9.17, 15) is 14.4 Å². The van der Waals surface area contributed by atoms with Crippen LogP contribution in [0.15, 0.2) is 84.9 Å². The number of amides is 3. The van der Waals surface area contributed by atoms with Crippen LogP contribution in [0.25, 0.3) is 0 Å². The van der Waals surface area contributed by atoms with E-state index in [1.165, 1.54) is 4.90 Å². The molecule has 0 N–H and O–H groups in total. The summed E-state index contributed by atoms with van der Waals surface area (Å²) in [6.45, 7) is 3.77. The number of benzene rings is 3. The molecule has 0 aliphatic carbocycles. The van der Waals surface area contributed by atoms with E-state index in [1.54, 1.807) is 35.2 Å². The summed E-state index contributed by atoms with van der Waals surface area (Å²) < 4.78 is 0. The molecule has 2 unspecified atom stereocenters. The molecule has 1 aliphatic heterocycles. The van der Waals surface area contributed by atoms with Gasteiger partial charge in [-0.15, -0.1) is 0 Å². The number of carbonyl (C=O) groups excluding carboxylic acids is 3. The van der Waals surface area contributed by atoms with Crippen molar-refractivity contribution in [3.63, 3.8) is 0 Å². The highest BCUT2D eigenvalue weighted by molar-refractivity contribution is 6.23. The summed E-state index contributed by atoms with van der Waals surface area (Å²) in [6.07, 6.45) is -0.0392. The monoisotopic (exact) mass is 412 g/mol. The number of nitrogens with zero attached hydrogens (tertiary/aromatic N) is 2. The number of hydrogen-bond donors (Lipinski definition) is 0. The van der Waals surface area contributed by atoms with Gasteiger partial charge in [0.1, 0.15) is 6.04 Å². The van der Waals surface area contributed by atoms with E-state index >= 15 is 0 Å². The van der Waals surface area contributed by atoms with Crippen LogP contribution >= 0.6 is 0 Å². The molecule has 3 aromatic rings. The Kier molecular flexibility index (Phi) is 5.67. The van der Waals surface area contributed by atoms with Crippen molar-refractivity contribution in [2.45, 2.75) is 32.4 Å². The van der Waals surface area contributed by atoms with Crippen LogP contribution in [-0.4, -0.2) is 28.7 Å². The fraction of sp³-hybridized carbons (Fsp3) is 0.192. The van der Waals surface area contributed by atoms with Gasteiger partial charge in [-0.05, 0) is 43.2 Å². The summed E-state index contributed by atoms with van der Waals surface area (Å²) in [7, 11) is 0. The van der Waals surface area contributed by atoms with Gasteiger partial charge in [-0.25, -0.2) is 4.90 Å². The Bertz CT molecular complexity index is 1110. The van der Waals surface area contributed by atoms with Gasteiger partial charge in [-0.3, -0.25) is 14.4 Å². The predicted octanol–water partition coefficient (Wildman–Crippen LogP) is 4.53. The number of aryl methyl sites for hydroxylation is 1. The normalized spacial score (nSPS) is 17.0. The van der Waals surface area contributed by atoms with Gasteiger partial charge in [0.2, 0.25) is 5.91 Å². The summed E-state index contributed by atoms with van der Waals surface area (Å²) in [5.41, 5.74) is 2.79. The molecule has 5 nitrogen and oxygen atoms in total. The molecule has 1 aliphatic rings. The molecule has 1 saturated heterocycles. The Morgan fingerprint density at radius 1 is 0.903 bits per heavy atom. The van der Waals surface area contributed by atoms with Crippen molar-refractivity contribution in [2.75, 3.05) is 4.90 Å². The maximum atomic E-state index is 13.7. The molecule has 2 atom stereocenters. The lowest BCUT2D eigenvalue weighted by atomic mass is 10.0. The van der Waals surface area contributed by atoms with Crippen molar-refractivity contribution in [1.29, 1.82) is 0 Å². The van der Waals surface area contributed by atoms with Gasteiger partial charge in [0.05, 0.1) is 18.2 Å². The highest BCUT2D eigenvalue weighted by atomic mass is 16.2. The Labute approximate surface area is 181 Å². The van der Waals surface area contributed by atoms with Crippen LogP contribution in [0, 0.1) is 6.92 Å². The second-order valence-corrected chi connectivity index (χ2v) is 7.74. The number of carbonyl (C=O) groups is 3. The fourth-order valence-electron chi connectivity index (χ4n) is 4.11. The van der Waals surface area contributed by atoms with E-state index in [0.29, 0.717) is 11.3 Å². The molecular weight excluding hydrogens is 388 g/mol. The van der Waals surface area contributed by atoms with Crippen LogP contribution in [0.2, 0.25) is 0 Å². The first-order chi connectivity index (χ1) is 15.0. The van der Waals surface area contributed by atoms with Gasteiger partial charge in [-0.1, -0.05) is 66.7 Å². The van der Waals surface area contributed by atoms with E-state index in [2.05, 4.69) is 0 Å². The average molecular weight is 412 g/mol. The van der Waals surface area contributed by atoms with Gasteiger partial charge in [0, 0.05) is 5.56 Å². The molecule has 31 heavy (non-hydrogen) atoms. The van der Waals surface area contributed by atoms with Crippen molar-refractivity contribution >= 4 is 23.4 Å². The van der Waals surface area contributed by atoms with Crippen LogP contribution in [0.3, 0.4) is 0 Å². The maximum absolute atomic E-state index is 13.7. The Morgan fingerprint density at radius 2 is 1.48 bits per heavy atom. The first kappa shape index (κ1) is 20.5. The van der Waals surface area contributed by atoms with Crippen LogP contribution in [0.4, 0.5) is 5.69 Å². The molecule has 0 saturated carbocycles. The molecule has 0 bridgehead atoms. The second kappa shape index (κ2) is 8.56. The molecular formula is C26H24N2O3. The minimum atomic E-state index is -0.866. The molecule has 5 heteroatoms. The molecule has 0 radical (unpaired) electrons. The zero-order valence-electron chi connectivity index (χ0n) is 17.6. The lowest BCUT2D eigenvalue weighted by molar-refractivity contribution is -0.122. The first-order valence-corrected chi connectivity index (χ1v) is 10.3.